The fourth-order valence-corrected chi connectivity index (χ4v) is 1.10. The van der Waals surface area contributed by atoms with Gasteiger partial charge < -0.3 is 5.11 Å². The molecule has 0 fully saturated rings. The van der Waals surface area contributed by atoms with Gasteiger partial charge in [-0.2, -0.15) is 0 Å². The molecule has 0 aliphatic heterocycles. The van der Waals surface area contributed by atoms with E-state index >= 15 is 0 Å². The number of aromatic hydroxyl groups is 1. The van der Waals surface area contributed by atoms with Crippen LogP contribution in [0.15, 0.2) is 36.5 Å². The Morgan fingerprint density at radius 2 is 2.09 bits per heavy atom. The molecule has 2 nitrogen and oxygen atoms in total. The minimum absolute atomic E-state index is 0.292. The van der Waals surface area contributed by atoms with Crippen LogP contribution in [0.5, 0.6) is 5.75 Å². The van der Waals surface area contributed by atoms with Crippen LogP contribution in [0.2, 0.25) is 0 Å². The third kappa shape index (κ3) is 1.03. The van der Waals surface area contributed by atoms with Crippen molar-refractivity contribution in [2.24, 2.45) is 0 Å². The molecule has 2 N–H and O–H groups in total. The fraction of sp³-hybridized carbons (Fsp3) is 0. The first kappa shape index (κ1) is 6.16. The van der Waals surface area contributed by atoms with Gasteiger partial charge in [-0.15, -0.1) is 0 Å². The number of benzene rings is 1. The number of rotatable bonds is 0. The molecule has 0 aliphatic carbocycles. The zero-order chi connectivity index (χ0) is 7.68. The summed E-state index contributed by atoms with van der Waals surface area (Å²) in [6.07, 6.45) is 1.84. The highest BCUT2D eigenvalue weighted by atomic mass is 16.3. The van der Waals surface area contributed by atoms with Crippen LogP contribution >= 0.6 is 0 Å². The van der Waals surface area contributed by atoms with E-state index < -0.39 is 0 Å². The number of pyridine rings is 1. The number of hydrogen-bond donors (Lipinski definition) is 1. The first-order chi connectivity index (χ1) is 5.36. The smallest absolute Gasteiger partial charge is 0.214 e. The second-order valence-corrected chi connectivity index (χ2v) is 2.44. The molecule has 0 saturated carbocycles. The van der Waals surface area contributed by atoms with Gasteiger partial charge in [0.25, 0.3) is 0 Å². The van der Waals surface area contributed by atoms with E-state index in [1.165, 1.54) is 0 Å². The van der Waals surface area contributed by atoms with E-state index in [-0.39, 0.29) is 0 Å². The molecular weight excluding hydrogens is 138 g/mol. The standard InChI is InChI=1S/C9H7NO/c11-8-4-3-7-2-1-5-10-9(7)6-8/h1-6,11H/p+1. The molecule has 2 aromatic rings. The monoisotopic (exact) mass is 146 g/mol. The van der Waals surface area contributed by atoms with Crippen molar-refractivity contribution in [3.05, 3.63) is 36.5 Å². The van der Waals surface area contributed by atoms with Gasteiger partial charge in [0.1, 0.15) is 5.75 Å². The number of fused-ring (bicyclic) bond motifs is 1. The maximum atomic E-state index is 9.11. The predicted molar refractivity (Wildman–Crippen MR) is 42.2 cm³/mol. The van der Waals surface area contributed by atoms with Gasteiger partial charge in [0.05, 0.1) is 6.07 Å². The minimum atomic E-state index is 0.292. The second kappa shape index (κ2) is 2.23. The van der Waals surface area contributed by atoms with Crippen molar-refractivity contribution in [1.29, 1.82) is 0 Å². The van der Waals surface area contributed by atoms with Crippen molar-refractivity contribution >= 4 is 10.9 Å². The lowest BCUT2D eigenvalue weighted by atomic mass is 10.2. The Morgan fingerprint density at radius 1 is 1.18 bits per heavy atom. The zero-order valence-corrected chi connectivity index (χ0v) is 5.91. The molecule has 0 bridgehead atoms. The van der Waals surface area contributed by atoms with Crippen LogP contribution in [-0.4, -0.2) is 5.11 Å². The van der Waals surface area contributed by atoms with Crippen molar-refractivity contribution in [1.82, 2.24) is 0 Å². The Balaban J connectivity index is 2.83. The van der Waals surface area contributed by atoms with E-state index in [0.717, 1.165) is 10.9 Å². The lowest BCUT2D eigenvalue weighted by Gasteiger charge is -1.90. The molecule has 0 atom stereocenters. The van der Waals surface area contributed by atoms with Crippen LogP contribution in [-0.2, 0) is 0 Å². The summed E-state index contributed by atoms with van der Waals surface area (Å²) in [6, 6.07) is 9.18. The average Bonchev–Trinajstić information content (AvgIpc) is 2.04. The molecule has 11 heavy (non-hydrogen) atoms. The van der Waals surface area contributed by atoms with E-state index in [1.54, 1.807) is 12.1 Å². The van der Waals surface area contributed by atoms with E-state index in [9.17, 15) is 0 Å². The highest BCUT2D eigenvalue weighted by Gasteiger charge is 1.98. The third-order valence-electron chi connectivity index (χ3n) is 1.65. The number of aromatic amines is 1. The molecule has 54 valence electrons. The summed E-state index contributed by atoms with van der Waals surface area (Å²) >= 11 is 0. The molecule has 0 aliphatic rings. The quantitative estimate of drug-likeness (QED) is 0.598. The number of aromatic nitrogens is 1. The normalized spacial score (nSPS) is 10.2. The molecule has 2 heteroatoms. The van der Waals surface area contributed by atoms with E-state index in [4.69, 9.17) is 5.11 Å². The molecule has 0 unspecified atom stereocenters. The number of phenolic OH excluding ortho intramolecular Hbond substituents is 1. The van der Waals surface area contributed by atoms with Gasteiger partial charge >= 0.3 is 0 Å². The summed E-state index contributed by atoms with van der Waals surface area (Å²) in [7, 11) is 0. The Morgan fingerprint density at radius 3 is 3.00 bits per heavy atom. The SMILES string of the molecule is Oc1ccc2ccc[nH+]c2c1. The molecule has 0 amide bonds. The Labute approximate surface area is 64.1 Å². The van der Waals surface area contributed by atoms with Gasteiger partial charge in [-0.25, -0.2) is 4.98 Å². The van der Waals surface area contributed by atoms with Gasteiger partial charge in [-0.1, -0.05) is 0 Å². The van der Waals surface area contributed by atoms with E-state index in [2.05, 4.69) is 4.98 Å². The highest BCUT2D eigenvalue weighted by Crippen LogP contribution is 2.14. The Hall–Kier alpha value is -1.57. The third-order valence-corrected chi connectivity index (χ3v) is 1.65. The van der Waals surface area contributed by atoms with Crippen LogP contribution < -0.4 is 4.98 Å². The van der Waals surface area contributed by atoms with Crippen LogP contribution in [0.1, 0.15) is 0 Å². The average molecular weight is 146 g/mol. The van der Waals surface area contributed by atoms with Crippen LogP contribution in [0.25, 0.3) is 10.9 Å². The van der Waals surface area contributed by atoms with Crippen molar-refractivity contribution in [3.8, 4) is 5.75 Å². The van der Waals surface area contributed by atoms with Gasteiger partial charge in [0, 0.05) is 11.5 Å². The van der Waals surface area contributed by atoms with E-state index in [1.807, 2.05) is 24.4 Å². The summed E-state index contributed by atoms with van der Waals surface area (Å²) in [5, 5.41) is 10.2. The van der Waals surface area contributed by atoms with Gasteiger partial charge in [0.15, 0.2) is 6.20 Å². The first-order valence-electron chi connectivity index (χ1n) is 3.46. The van der Waals surface area contributed by atoms with E-state index in [0.29, 0.717) is 5.75 Å². The molecule has 1 aromatic carbocycles. The van der Waals surface area contributed by atoms with Crippen LogP contribution in [0.3, 0.4) is 0 Å². The van der Waals surface area contributed by atoms with Gasteiger partial charge in [-0.05, 0) is 18.2 Å². The number of hydrogen-bond acceptors (Lipinski definition) is 1. The molecular formula is C9H8NO+. The highest BCUT2D eigenvalue weighted by molar-refractivity contribution is 5.76. The zero-order valence-electron chi connectivity index (χ0n) is 5.91. The number of H-pyrrole nitrogens is 1. The maximum absolute atomic E-state index is 9.11. The van der Waals surface area contributed by atoms with Crippen molar-refractivity contribution in [2.75, 3.05) is 0 Å². The first-order valence-corrected chi connectivity index (χ1v) is 3.46. The Kier molecular flexibility index (Phi) is 1.25. The molecule has 1 aromatic heterocycles. The fourth-order valence-electron chi connectivity index (χ4n) is 1.10. The van der Waals surface area contributed by atoms with Crippen molar-refractivity contribution in [3.63, 3.8) is 0 Å². The predicted octanol–water partition coefficient (Wildman–Crippen LogP) is 1.36. The number of nitrogens with one attached hydrogen (secondary N) is 1. The van der Waals surface area contributed by atoms with Gasteiger partial charge in [-0.3, -0.25) is 0 Å². The molecule has 0 radical (unpaired) electrons. The Bertz CT molecular complexity index is 384. The second-order valence-electron chi connectivity index (χ2n) is 2.44. The lowest BCUT2D eigenvalue weighted by molar-refractivity contribution is -0.344. The maximum Gasteiger partial charge on any atom is 0.214 e. The van der Waals surface area contributed by atoms with Crippen molar-refractivity contribution in [2.45, 2.75) is 0 Å². The summed E-state index contributed by atoms with van der Waals surface area (Å²) in [6.45, 7) is 0. The summed E-state index contributed by atoms with van der Waals surface area (Å²) in [4.78, 5) is 3.03. The molecule has 1 heterocycles. The summed E-state index contributed by atoms with van der Waals surface area (Å²) < 4.78 is 0. The molecule has 0 spiro atoms. The van der Waals surface area contributed by atoms with Gasteiger partial charge in [0.2, 0.25) is 5.52 Å². The van der Waals surface area contributed by atoms with Crippen LogP contribution in [0.4, 0.5) is 0 Å². The minimum Gasteiger partial charge on any atom is -0.508 e. The van der Waals surface area contributed by atoms with Crippen molar-refractivity contribution < 1.29 is 10.1 Å². The number of phenols is 1. The lowest BCUT2D eigenvalue weighted by Crippen LogP contribution is -2.00. The molecule has 0 saturated heterocycles. The summed E-state index contributed by atoms with van der Waals surface area (Å²) in [5.74, 6) is 0.292. The largest absolute Gasteiger partial charge is 0.508 e. The molecule has 2 rings (SSSR count). The summed E-state index contributed by atoms with van der Waals surface area (Å²) in [5.41, 5.74) is 0.951. The van der Waals surface area contributed by atoms with Crippen LogP contribution in [0, 0.1) is 0 Å². The topological polar surface area (TPSA) is 34.4 Å².